The number of para-hydroxylation sites is 1. The van der Waals surface area contributed by atoms with Crippen molar-refractivity contribution in [3.05, 3.63) is 65.7 Å². The summed E-state index contributed by atoms with van der Waals surface area (Å²) in [4.78, 5) is 27.9. The van der Waals surface area contributed by atoms with Gasteiger partial charge in [0.25, 0.3) is 11.8 Å². The van der Waals surface area contributed by atoms with Crippen molar-refractivity contribution in [2.45, 2.75) is 6.54 Å². The number of nitrogens with two attached hydrogens (primary N) is 1. The summed E-state index contributed by atoms with van der Waals surface area (Å²) in [7, 11) is 0. The fraction of sp³-hybridized carbons (Fsp3) is 0.300. The van der Waals surface area contributed by atoms with E-state index in [-0.39, 0.29) is 12.5 Å². The molecule has 0 aliphatic carbocycles. The first kappa shape index (κ1) is 17.9. The summed E-state index contributed by atoms with van der Waals surface area (Å²) in [6.45, 7) is 3.62. The minimum absolute atomic E-state index is 0.0792. The van der Waals surface area contributed by atoms with Gasteiger partial charge in [0.15, 0.2) is 6.61 Å². The number of ether oxygens (including phenoxy) is 1. The Kier molecular flexibility index (Phi) is 5.86. The summed E-state index contributed by atoms with van der Waals surface area (Å²) in [5.41, 5.74) is 6.86. The Morgan fingerprint density at radius 3 is 2.27 bits per heavy atom. The lowest BCUT2D eigenvalue weighted by Crippen LogP contribution is -2.48. The topological polar surface area (TPSA) is 75.9 Å². The maximum Gasteiger partial charge on any atom is 0.257 e. The van der Waals surface area contributed by atoms with Crippen LogP contribution in [0.15, 0.2) is 54.6 Å². The number of carbonyl (C=O) groups excluding carboxylic acids is 2. The Morgan fingerprint density at radius 1 is 0.923 bits per heavy atom. The average Bonchev–Trinajstić information content (AvgIpc) is 2.67. The van der Waals surface area contributed by atoms with Crippen molar-refractivity contribution in [3.8, 4) is 5.75 Å². The summed E-state index contributed by atoms with van der Waals surface area (Å²) in [6, 6.07) is 17.3. The van der Waals surface area contributed by atoms with Gasteiger partial charge in [-0.3, -0.25) is 14.5 Å². The third-order valence-corrected chi connectivity index (χ3v) is 4.40. The number of nitrogens with zero attached hydrogens (tertiary/aromatic N) is 2. The zero-order valence-electron chi connectivity index (χ0n) is 14.6. The summed E-state index contributed by atoms with van der Waals surface area (Å²) in [5, 5.41) is 0. The third kappa shape index (κ3) is 4.61. The molecule has 2 aromatic rings. The number of primary amides is 1. The quantitative estimate of drug-likeness (QED) is 0.854. The van der Waals surface area contributed by atoms with E-state index >= 15 is 0 Å². The summed E-state index contributed by atoms with van der Waals surface area (Å²) in [6.07, 6.45) is 0. The number of amides is 2. The van der Waals surface area contributed by atoms with Crippen molar-refractivity contribution in [1.29, 1.82) is 0 Å². The first-order valence-electron chi connectivity index (χ1n) is 8.69. The van der Waals surface area contributed by atoms with Crippen molar-refractivity contribution in [3.63, 3.8) is 0 Å². The van der Waals surface area contributed by atoms with Crippen LogP contribution in [0, 0.1) is 0 Å². The van der Waals surface area contributed by atoms with Gasteiger partial charge in [-0.05, 0) is 17.7 Å². The number of hydrogen-bond acceptors (Lipinski definition) is 4. The smallest absolute Gasteiger partial charge is 0.257 e. The van der Waals surface area contributed by atoms with Crippen molar-refractivity contribution >= 4 is 11.8 Å². The fourth-order valence-electron chi connectivity index (χ4n) is 3.04. The molecule has 1 heterocycles. The van der Waals surface area contributed by atoms with Gasteiger partial charge < -0.3 is 15.4 Å². The van der Waals surface area contributed by atoms with Crippen LogP contribution in [-0.2, 0) is 11.3 Å². The molecule has 3 rings (SSSR count). The van der Waals surface area contributed by atoms with E-state index in [1.54, 1.807) is 24.3 Å². The van der Waals surface area contributed by atoms with E-state index in [2.05, 4.69) is 17.0 Å². The van der Waals surface area contributed by atoms with Crippen LogP contribution in [0.5, 0.6) is 5.75 Å². The predicted molar refractivity (Wildman–Crippen MR) is 98.8 cm³/mol. The lowest BCUT2D eigenvalue weighted by Gasteiger charge is -2.35. The Morgan fingerprint density at radius 2 is 1.58 bits per heavy atom. The highest BCUT2D eigenvalue weighted by atomic mass is 16.5. The predicted octanol–water partition coefficient (Wildman–Crippen LogP) is 1.51. The molecule has 136 valence electrons. The van der Waals surface area contributed by atoms with Gasteiger partial charge in [0, 0.05) is 32.7 Å². The fourth-order valence-corrected chi connectivity index (χ4v) is 3.04. The van der Waals surface area contributed by atoms with Gasteiger partial charge in [-0.1, -0.05) is 42.5 Å². The van der Waals surface area contributed by atoms with Gasteiger partial charge in [0.05, 0.1) is 5.56 Å². The molecule has 0 atom stereocenters. The second-order valence-electron chi connectivity index (χ2n) is 6.31. The van der Waals surface area contributed by atoms with Crippen LogP contribution in [0.25, 0.3) is 0 Å². The van der Waals surface area contributed by atoms with Crippen LogP contribution in [0.4, 0.5) is 0 Å². The van der Waals surface area contributed by atoms with Gasteiger partial charge in [-0.15, -0.1) is 0 Å². The van der Waals surface area contributed by atoms with E-state index < -0.39 is 5.91 Å². The first-order valence-corrected chi connectivity index (χ1v) is 8.69. The maximum absolute atomic E-state index is 12.8. The van der Waals surface area contributed by atoms with Gasteiger partial charge in [0.2, 0.25) is 0 Å². The molecule has 1 aliphatic heterocycles. The lowest BCUT2D eigenvalue weighted by atomic mass is 10.1. The molecule has 1 saturated heterocycles. The Balaban J connectivity index is 1.59. The van der Waals surface area contributed by atoms with Crippen LogP contribution in [0.2, 0.25) is 0 Å². The molecule has 0 bridgehead atoms. The average molecular weight is 353 g/mol. The molecule has 1 aliphatic rings. The van der Waals surface area contributed by atoms with Crippen LogP contribution < -0.4 is 10.5 Å². The third-order valence-electron chi connectivity index (χ3n) is 4.40. The molecule has 2 N–H and O–H groups in total. The van der Waals surface area contributed by atoms with E-state index in [0.717, 1.165) is 19.6 Å². The second-order valence-corrected chi connectivity index (χ2v) is 6.31. The summed E-state index contributed by atoms with van der Waals surface area (Å²) >= 11 is 0. The first-order chi connectivity index (χ1) is 12.6. The number of carbonyl (C=O) groups is 2. The molecule has 0 aromatic heterocycles. The number of benzene rings is 2. The molecular weight excluding hydrogens is 330 g/mol. The zero-order valence-corrected chi connectivity index (χ0v) is 14.6. The number of rotatable bonds is 6. The normalized spacial score (nSPS) is 14.8. The molecule has 2 amide bonds. The molecule has 2 aromatic carbocycles. The molecular formula is C20H23N3O3. The van der Waals surface area contributed by atoms with E-state index in [4.69, 9.17) is 10.5 Å². The van der Waals surface area contributed by atoms with Crippen LogP contribution in [-0.4, -0.2) is 54.4 Å². The minimum atomic E-state index is -0.568. The highest BCUT2D eigenvalue weighted by Crippen LogP contribution is 2.21. The minimum Gasteiger partial charge on any atom is -0.483 e. The monoisotopic (exact) mass is 353 g/mol. The van der Waals surface area contributed by atoms with Gasteiger partial charge in [0.1, 0.15) is 5.75 Å². The molecule has 0 saturated carbocycles. The Hall–Kier alpha value is -2.86. The van der Waals surface area contributed by atoms with Crippen LogP contribution in [0.1, 0.15) is 15.9 Å². The Labute approximate surface area is 153 Å². The zero-order chi connectivity index (χ0) is 18.4. The van der Waals surface area contributed by atoms with Gasteiger partial charge in [-0.25, -0.2) is 0 Å². The van der Waals surface area contributed by atoms with Crippen molar-refractivity contribution < 1.29 is 14.3 Å². The number of hydrogen-bond donors (Lipinski definition) is 1. The molecule has 6 heteroatoms. The molecule has 0 radical (unpaired) electrons. The van der Waals surface area contributed by atoms with E-state index in [1.807, 2.05) is 23.1 Å². The largest absolute Gasteiger partial charge is 0.483 e. The lowest BCUT2D eigenvalue weighted by molar-refractivity contribution is -0.119. The molecule has 0 unspecified atom stereocenters. The van der Waals surface area contributed by atoms with E-state index in [0.29, 0.717) is 24.4 Å². The second kappa shape index (κ2) is 8.49. The van der Waals surface area contributed by atoms with Crippen LogP contribution >= 0.6 is 0 Å². The molecule has 6 nitrogen and oxygen atoms in total. The van der Waals surface area contributed by atoms with Gasteiger partial charge in [-0.2, -0.15) is 0 Å². The van der Waals surface area contributed by atoms with E-state index in [1.165, 1.54) is 5.56 Å². The summed E-state index contributed by atoms with van der Waals surface area (Å²) in [5.74, 6) is -0.255. The van der Waals surface area contributed by atoms with Crippen molar-refractivity contribution in [2.75, 3.05) is 32.8 Å². The summed E-state index contributed by atoms with van der Waals surface area (Å²) < 4.78 is 5.38. The molecule has 1 fully saturated rings. The van der Waals surface area contributed by atoms with E-state index in [9.17, 15) is 9.59 Å². The maximum atomic E-state index is 12.8. The highest BCUT2D eigenvalue weighted by molar-refractivity contribution is 5.97. The van der Waals surface area contributed by atoms with Gasteiger partial charge >= 0.3 is 0 Å². The SMILES string of the molecule is NC(=O)COc1ccccc1C(=O)N1CCN(Cc2ccccc2)CC1. The van der Waals surface area contributed by atoms with Crippen molar-refractivity contribution in [2.24, 2.45) is 5.73 Å². The van der Waals surface area contributed by atoms with Crippen LogP contribution in [0.3, 0.4) is 0 Å². The highest BCUT2D eigenvalue weighted by Gasteiger charge is 2.24. The molecule has 26 heavy (non-hydrogen) atoms. The number of piperazine rings is 1. The van der Waals surface area contributed by atoms with Crippen molar-refractivity contribution in [1.82, 2.24) is 9.80 Å². The standard InChI is InChI=1S/C20H23N3O3/c21-19(24)15-26-18-9-5-4-8-17(18)20(25)23-12-10-22(11-13-23)14-16-6-2-1-3-7-16/h1-9H,10-15H2,(H2,21,24). The molecule has 0 spiro atoms. The Bertz CT molecular complexity index is 756.